The van der Waals surface area contributed by atoms with E-state index < -0.39 is 0 Å². The van der Waals surface area contributed by atoms with E-state index in [1.807, 2.05) is 44.2 Å². The number of aryl methyl sites for hydroxylation is 2. The minimum absolute atomic E-state index is 0.0180. The fraction of sp³-hybridized carbons (Fsp3) is 0.231. The zero-order chi connectivity index (χ0) is 11.5. The first kappa shape index (κ1) is 10.6. The summed E-state index contributed by atoms with van der Waals surface area (Å²) in [6.45, 7) is 3.84. The van der Waals surface area contributed by atoms with Gasteiger partial charge in [-0.1, -0.05) is 25.1 Å². The van der Waals surface area contributed by atoms with Crippen LogP contribution in [0.25, 0.3) is 5.69 Å². The number of nitrogens with zero attached hydrogens (tertiary/aromatic N) is 2. The SMILES string of the molecule is CCc1nc(C)cc(=O)n1-c1ccccc1. The summed E-state index contributed by atoms with van der Waals surface area (Å²) >= 11 is 0. The molecule has 1 aromatic heterocycles. The second kappa shape index (κ2) is 4.31. The molecule has 0 aliphatic heterocycles. The Bertz CT molecular complexity index is 544. The van der Waals surface area contributed by atoms with Gasteiger partial charge in [0.25, 0.3) is 5.56 Å². The smallest absolute Gasteiger partial charge is 0.258 e. The zero-order valence-corrected chi connectivity index (χ0v) is 9.47. The van der Waals surface area contributed by atoms with Crippen molar-refractivity contribution < 1.29 is 0 Å². The number of aromatic nitrogens is 2. The number of hydrogen-bond acceptors (Lipinski definition) is 2. The first-order chi connectivity index (χ1) is 7.72. The van der Waals surface area contributed by atoms with E-state index in [4.69, 9.17) is 0 Å². The molecular formula is C13H14N2O. The molecule has 0 unspecified atom stereocenters. The van der Waals surface area contributed by atoms with Gasteiger partial charge in [0.1, 0.15) is 5.82 Å². The lowest BCUT2D eigenvalue weighted by Crippen LogP contribution is -2.23. The van der Waals surface area contributed by atoms with E-state index in [9.17, 15) is 4.79 Å². The average Bonchev–Trinajstić information content (AvgIpc) is 2.29. The summed E-state index contributed by atoms with van der Waals surface area (Å²) in [6.07, 6.45) is 0.742. The fourth-order valence-electron chi connectivity index (χ4n) is 1.75. The molecule has 0 radical (unpaired) electrons. The van der Waals surface area contributed by atoms with Gasteiger partial charge >= 0.3 is 0 Å². The lowest BCUT2D eigenvalue weighted by atomic mass is 10.3. The van der Waals surface area contributed by atoms with E-state index in [2.05, 4.69) is 4.98 Å². The van der Waals surface area contributed by atoms with Crippen molar-refractivity contribution in [3.05, 3.63) is 58.3 Å². The molecule has 1 heterocycles. The zero-order valence-electron chi connectivity index (χ0n) is 9.47. The standard InChI is InChI=1S/C13H14N2O/c1-3-12-14-10(2)9-13(16)15(12)11-7-5-4-6-8-11/h4-9H,3H2,1-2H3. The van der Waals surface area contributed by atoms with E-state index in [1.165, 1.54) is 0 Å². The molecule has 0 atom stereocenters. The summed E-state index contributed by atoms with van der Waals surface area (Å²) in [5.74, 6) is 0.802. The van der Waals surface area contributed by atoms with Gasteiger partial charge in [-0.25, -0.2) is 4.98 Å². The molecule has 0 bridgehead atoms. The average molecular weight is 214 g/mol. The molecule has 2 rings (SSSR count). The van der Waals surface area contributed by atoms with Crippen molar-refractivity contribution in [3.63, 3.8) is 0 Å². The summed E-state index contributed by atoms with van der Waals surface area (Å²) in [7, 11) is 0. The third-order valence-electron chi connectivity index (χ3n) is 2.45. The van der Waals surface area contributed by atoms with Gasteiger partial charge in [0.15, 0.2) is 0 Å². The summed E-state index contributed by atoms with van der Waals surface area (Å²) in [5, 5.41) is 0. The Kier molecular flexibility index (Phi) is 2.86. The molecule has 0 N–H and O–H groups in total. The van der Waals surface area contributed by atoms with Crippen LogP contribution < -0.4 is 5.56 Å². The van der Waals surface area contributed by atoms with Crippen LogP contribution in [0.15, 0.2) is 41.2 Å². The summed E-state index contributed by atoms with van der Waals surface area (Å²) in [6, 6.07) is 11.2. The van der Waals surface area contributed by atoms with Crippen molar-refractivity contribution in [1.82, 2.24) is 9.55 Å². The number of rotatable bonds is 2. The largest absolute Gasteiger partial charge is 0.269 e. The van der Waals surface area contributed by atoms with Gasteiger partial charge in [-0.05, 0) is 19.1 Å². The quantitative estimate of drug-likeness (QED) is 0.767. The second-order valence-electron chi connectivity index (χ2n) is 3.68. The van der Waals surface area contributed by atoms with Crippen molar-refractivity contribution in [3.8, 4) is 5.69 Å². The molecule has 0 amide bonds. The van der Waals surface area contributed by atoms with Crippen molar-refractivity contribution in [2.45, 2.75) is 20.3 Å². The molecule has 1 aromatic carbocycles. The third kappa shape index (κ3) is 1.89. The highest BCUT2D eigenvalue weighted by Gasteiger charge is 2.06. The van der Waals surface area contributed by atoms with Crippen molar-refractivity contribution in [2.24, 2.45) is 0 Å². The highest BCUT2D eigenvalue weighted by atomic mass is 16.1. The first-order valence-corrected chi connectivity index (χ1v) is 5.37. The Labute approximate surface area is 94.4 Å². The van der Waals surface area contributed by atoms with Gasteiger partial charge in [0, 0.05) is 18.2 Å². The van der Waals surface area contributed by atoms with Crippen LogP contribution in [0.5, 0.6) is 0 Å². The molecular weight excluding hydrogens is 200 g/mol. The van der Waals surface area contributed by atoms with Crippen LogP contribution in [-0.2, 0) is 6.42 Å². The first-order valence-electron chi connectivity index (χ1n) is 5.37. The van der Waals surface area contributed by atoms with E-state index in [0.717, 1.165) is 23.6 Å². The normalized spacial score (nSPS) is 10.4. The van der Waals surface area contributed by atoms with Gasteiger partial charge < -0.3 is 0 Å². The van der Waals surface area contributed by atoms with E-state index in [1.54, 1.807) is 10.6 Å². The predicted molar refractivity (Wildman–Crippen MR) is 63.9 cm³/mol. The van der Waals surface area contributed by atoms with E-state index in [-0.39, 0.29) is 5.56 Å². The Morgan fingerprint density at radius 2 is 1.94 bits per heavy atom. The van der Waals surface area contributed by atoms with Crippen molar-refractivity contribution in [2.75, 3.05) is 0 Å². The monoisotopic (exact) mass is 214 g/mol. The molecule has 0 saturated carbocycles. The van der Waals surface area contributed by atoms with Gasteiger partial charge in [-0.15, -0.1) is 0 Å². The van der Waals surface area contributed by atoms with Crippen LogP contribution in [0.3, 0.4) is 0 Å². The molecule has 82 valence electrons. The highest BCUT2D eigenvalue weighted by molar-refractivity contribution is 5.33. The molecule has 0 saturated heterocycles. The lowest BCUT2D eigenvalue weighted by Gasteiger charge is -2.10. The van der Waals surface area contributed by atoms with Gasteiger partial charge in [0.2, 0.25) is 0 Å². The highest BCUT2D eigenvalue weighted by Crippen LogP contribution is 2.07. The van der Waals surface area contributed by atoms with Crippen LogP contribution in [0.2, 0.25) is 0 Å². The minimum Gasteiger partial charge on any atom is -0.269 e. The topological polar surface area (TPSA) is 34.9 Å². The molecule has 3 nitrogen and oxygen atoms in total. The fourth-order valence-corrected chi connectivity index (χ4v) is 1.75. The van der Waals surface area contributed by atoms with Gasteiger partial charge in [-0.2, -0.15) is 0 Å². The molecule has 0 aliphatic rings. The summed E-state index contributed by atoms with van der Waals surface area (Å²) < 4.78 is 1.66. The number of para-hydroxylation sites is 1. The maximum absolute atomic E-state index is 11.9. The lowest BCUT2D eigenvalue weighted by molar-refractivity contribution is 0.801. The second-order valence-corrected chi connectivity index (χ2v) is 3.68. The Morgan fingerprint density at radius 1 is 1.25 bits per heavy atom. The van der Waals surface area contributed by atoms with Crippen LogP contribution >= 0.6 is 0 Å². The Morgan fingerprint density at radius 3 is 2.56 bits per heavy atom. The van der Waals surface area contributed by atoms with Gasteiger partial charge in [0.05, 0.1) is 5.69 Å². The van der Waals surface area contributed by atoms with Crippen LogP contribution in [-0.4, -0.2) is 9.55 Å². The third-order valence-corrected chi connectivity index (χ3v) is 2.45. The van der Waals surface area contributed by atoms with Crippen molar-refractivity contribution >= 4 is 0 Å². The molecule has 2 aromatic rings. The van der Waals surface area contributed by atoms with Crippen LogP contribution in [0.4, 0.5) is 0 Å². The molecule has 0 spiro atoms. The Balaban J connectivity index is 2.69. The predicted octanol–water partition coefficient (Wildman–Crippen LogP) is 2.10. The molecule has 3 heteroatoms. The molecule has 0 aliphatic carbocycles. The van der Waals surface area contributed by atoms with Crippen LogP contribution in [0.1, 0.15) is 18.4 Å². The number of benzene rings is 1. The molecule has 0 fully saturated rings. The van der Waals surface area contributed by atoms with Crippen LogP contribution in [0, 0.1) is 6.92 Å². The summed E-state index contributed by atoms with van der Waals surface area (Å²) in [5.41, 5.74) is 1.63. The maximum Gasteiger partial charge on any atom is 0.258 e. The molecule has 16 heavy (non-hydrogen) atoms. The Hall–Kier alpha value is -1.90. The van der Waals surface area contributed by atoms with E-state index >= 15 is 0 Å². The van der Waals surface area contributed by atoms with E-state index in [0.29, 0.717) is 0 Å². The minimum atomic E-state index is -0.0180. The van der Waals surface area contributed by atoms with Gasteiger partial charge in [-0.3, -0.25) is 9.36 Å². The van der Waals surface area contributed by atoms with Crippen molar-refractivity contribution in [1.29, 1.82) is 0 Å². The summed E-state index contributed by atoms with van der Waals surface area (Å²) in [4.78, 5) is 16.3. The maximum atomic E-state index is 11.9. The number of hydrogen-bond donors (Lipinski definition) is 0.